The summed E-state index contributed by atoms with van der Waals surface area (Å²) in [4.78, 5) is 2.71. The predicted octanol–water partition coefficient (Wildman–Crippen LogP) is 1.48. The van der Waals surface area contributed by atoms with Gasteiger partial charge in [0.25, 0.3) is 0 Å². The van der Waals surface area contributed by atoms with Crippen molar-refractivity contribution in [2.75, 3.05) is 26.7 Å². The molecule has 1 N–H and O–H groups in total. The number of hydrogen-bond donors (Lipinski definition) is 1. The minimum atomic E-state index is 0.472. The van der Waals surface area contributed by atoms with E-state index in [2.05, 4.69) is 24.1 Å². The zero-order valence-electron chi connectivity index (χ0n) is 10.9. The third-order valence-electron chi connectivity index (χ3n) is 4.24. The van der Waals surface area contributed by atoms with Gasteiger partial charge < -0.3 is 10.1 Å². The van der Waals surface area contributed by atoms with Gasteiger partial charge in [0.2, 0.25) is 0 Å². The fraction of sp³-hybridized carbons (Fsp3) is 1.00. The van der Waals surface area contributed by atoms with Crippen molar-refractivity contribution in [2.45, 2.75) is 51.3 Å². The van der Waals surface area contributed by atoms with Gasteiger partial charge in [-0.25, -0.2) is 0 Å². The molecule has 1 saturated heterocycles. The van der Waals surface area contributed by atoms with Gasteiger partial charge in [0, 0.05) is 38.8 Å². The van der Waals surface area contributed by atoms with Crippen molar-refractivity contribution in [3.63, 3.8) is 0 Å². The summed E-state index contributed by atoms with van der Waals surface area (Å²) in [5.41, 5.74) is 0. The smallest absolute Gasteiger partial charge is 0.0726 e. The van der Waals surface area contributed by atoms with Gasteiger partial charge in [-0.15, -0.1) is 0 Å². The monoisotopic (exact) mass is 226 g/mol. The molecule has 0 amide bonds. The Morgan fingerprint density at radius 3 is 2.81 bits per heavy atom. The molecule has 0 spiro atoms. The molecular formula is C13H26N2O. The highest BCUT2D eigenvalue weighted by molar-refractivity contribution is 4.93. The Hall–Kier alpha value is -0.120. The van der Waals surface area contributed by atoms with E-state index in [9.17, 15) is 0 Å². The van der Waals surface area contributed by atoms with E-state index < -0.39 is 0 Å². The van der Waals surface area contributed by atoms with Gasteiger partial charge in [-0.1, -0.05) is 13.8 Å². The van der Waals surface area contributed by atoms with Crippen LogP contribution in [0.15, 0.2) is 0 Å². The molecule has 1 aliphatic carbocycles. The molecule has 3 heteroatoms. The van der Waals surface area contributed by atoms with Gasteiger partial charge in [0.1, 0.15) is 0 Å². The molecule has 0 bridgehead atoms. The van der Waals surface area contributed by atoms with E-state index in [0.717, 1.165) is 19.0 Å². The number of piperazine rings is 1. The van der Waals surface area contributed by atoms with Crippen LogP contribution in [0.4, 0.5) is 0 Å². The lowest BCUT2D eigenvalue weighted by molar-refractivity contribution is -0.00530. The fourth-order valence-corrected chi connectivity index (χ4v) is 3.33. The Kier molecular flexibility index (Phi) is 4.22. The predicted molar refractivity (Wildman–Crippen MR) is 66.6 cm³/mol. The van der Waals surface area contributed by atoms with Gasteiger partial charge in [-0.2, -0.15) is 0 Å². The van der Waals surface area contributed by atoms with Gasteiger partial charge in [0.05, 0.1) is 6.10 Å². The molecule has 3 unspecified atom stereocenters. The molecule has 2 aliphatic rings. The molecular weight excluding hydrogens is 200 g/mol. The molecule has 3 atom stereocenters. The summed E-state index contributed by atoms with van der Waals surface area (Å²) in [7, 11) is 1.87. The van der Waals surface area contributed by atoms with Crippen LogP contribution >= 0.6 is 0 Å². The van der Waals surface area contributed by atoms with Crippen LogP contribution in [0.2, 0.25) is 0 Å². The standard InChI is InChI=1S/C13H26N2O/c1-10(2)12-9-14-7-8-15(12)11-5-4-6-13(11)16-3/h10-14H,4-9H2,1-3H3. The number of hydrogen-bond acceptors (Lipinski definition) is 3. The van der Waals surface area contributed by atoms with Crippen molar-refractivity contribution in [1.29, 1.82) is 0 Å². The van der Waals surface area contributed by atoms with E-state index in [-0.39, 0.29) is 0 Å². The van der Waals surface area contributed by atoms with Crippen LogP contribution in [0, 0.1) is 5.92 Å². The van der Waals surface area contributed by atoms with Crippen LogP contribution < -0.4 is 5.32 Å². The molecule has 94 valence electrons. The first-order valence-electron chi connectivity index (χ1n) is 6.73. The average Bonchev–Trinajstić information content (AvgIpc) is 2.76. The zero-order chi connectivity index (χ0) is 11.5. The van der Waals surface area contributed by atoms with Gasteiger partial charge in [-0.05, 0) is 25.2 Å². The van der Waals surface area contributed by atoms with Crippen molar-refractivity contribution >= 4 is 0 Å². The lowest BCUT2D eigenvalue weighted by atomic mass is 9.97. The molecule has 3 nitrogen and oxygen atoms in total. The molecule has 0 aromatic heterocycles. The van der Waals surface area contributed by atoms with Crippen molar-refractivity contribution < 1.29 is 4.74 Å². The molecule has 1 aliphatic heterocycles. The van der Waals surface area contributed by atoms with E-state index in [4.69, 9.17) is 4.74 Å². The lowest BCUT2D eigenvalue weighted by Crippen LogP contribution is -2.58. The number of ether oxygens (including phenoxy) is 1. The SMILES string of the molecule is COC1CCCC1N1CCNCC1C(C)C. The Morgan fingerprint density at radius 2 is 2.12 bits per heavy atom. The molecule has 16 heavy (non-hydrogen) atoms. The third-order valence-corrected chi connectivity index (χ3v) is 4.24. The van der Waals surface area contributed by atoms with Crippen LogP contribution in [0.3, 0.4) is 0 Å². The summed E-state index contributed by atoms with van der Waals surface area (Å²) >= 11 is 0. The lowest BCUT2D eigenvalue weighted by Gasteiger charge is -2.44. The molecule has 1 saturated carbocycles. The van der Waals surface area contributed by atoms with Gasteiger partial charge in [-0.3, -0.25) is 4.90 Å². The second-order valence-corrected chi connectivity index (χ2v) is 5.53. The summed E-state index contributed by atoms with van der Waals surface area (Å²) in [6.45, 7) is 8.14. The van der Waals surface area contributed by atoms with Crippen LogP contribution in [0.1, 0.15) is 33.1 Å². The number of rotatable bonds is 3. The van der Waals surface area contributed by atoms with Crippen molar-refractivity contribution in [3.8, 4) is 0 Å². The second kappa shape index (κ2) is 5.48. The first kappa shape index (κ1) is 12.3. The fourth-order valence-electron chi connectivity index (χ4n) is 3.33. The van der Waals surface area contributed by atoms with Crippen molar-refractivity contribution in [1.82, 2.24) is 10.2 Å². The summed E-state index contributed by atoms with van der Waals surface area (Å²) in [6.07, 6.45) is 4.37. The Balaban J connectivity index is 2.04. The van der Waals surface area contributed by atoms with E-state index in [1.807, 2.05) is 7.11 Å². The van der Waals surface area contributed by atoms with E-state index in [0.29, 0.717) is 18.2 Å². The van der Waals surface area contributed by atoms with Crippen LogP contribution in [0.25, 0.3) is 0 Å². The first-order chi connectivity index (χ1) is 7.74. The highest BCUT2D eigenvalue weighted by atomic mass is 16.5. The van der Waals surface area contributed by atoms with Crippen molar-refractivity contribution in [3.05, 3.63) is 0 Å². The average molecular weight is 226 g/mol. The largest absolute Gasteiger partial charge is 0.380 e. The molecule has 1 heterocycles. The second-order valence-electron chi connectivity index (χ2n) is 5.53. The Labute approximate surface area is 99.5 Å². The first-order valence-corrected chi connectivity index (χ1v) is 6.73. The molecule has 2 fully saturated rings. The maximum Gasteiger partial charge on any atom is 0.0726 e. The maximum atomic E-state index is 5.64. The quantitative estimate of drug-likeness (QED) is 0.789. The maximum absolute atomic E-state index is 5.64. The highest BCUT2D eigenvalue weighted by Gasteiger charge is 2.37. The van der Waals surface area contributed by atoms with E-state index >= 15 is 0 Å². The Morgan fingerprint density at radius 1 is 1.31 bits per heavy atom. The number of nitrogens with one attached hydrogen (secondary N) is 1. The topological polar surface area (TPSA) is 24.5 Å². The van der Waals surface area contributed by atoms with Crippen LogP contribution in [-0.4, -0.2) is 49.8 Å². The highest BCUT2D eigenvalue weighted by Crippen LogP contribution is 2.29. The van der Waals surface area contributed by atoms with Crippen LogP contribution in [-0.2, 0) is 4.74 Å². The van der Waals surface area contributed by atoms with Gasteiger partial charge in [0.15, 0.2) is 0 Å². The zero-order valence-corrected chi connectivity index (χ0v) is 10.9. The third kappa shape index (κ3) is 2.41. The summed E-state index contributed by atoms with van der Waals surface area (Å²) < 4.78 is 5.64. The molecule has 0 aromatic rings. The van der Waals surface area contributed by atoms with Crippen molar-refractivity contribution in [2.24, 2.45) is 5.92 Å². The Bertz CT molecular complexity index is 220. The molecule has 0 aromatic carbocycles. The minimum Gasteiger partial charge on any atom is -0.380 e. The molecule has 0 radical (unpaired) electrons. The van der Waals surface area contributed by atoms with Gasteiger partial charge >= 0.3 is 0 Å². The normalized spacial score (nSPS) is 37.1. The van der Waals surface area contributed by atoms with E-state index in [1.54, 1.807) is 0 Å². The van der Waals surface area contributed by atoms with E-state index in [1.165, 1.54) is 25.8 Å². The van der Waals surface area contributed by atoms with Crippen LogP contribution in [0.5, 0.6) is 0 Å². The minimum absolute atomic E-state index is 0.472. The molecule has 2 rings (SSSR count). The summed E-state index contributed by atoms with van der Waals surface area (Å²) in [6, 6.07) is 1.36. The summed E-state index contributed by atoms with van der Waals surface area (Å²) in [5.74, 6) is 0.728. The summed E-state index contributed by atoms with van der Waals surface area (Å²) in [5, 5.41) is 3.52. The number of methoxy groups -OCH3 is 1. The number of nitrogens with zero attached hydrogens (tertiary/aromatic N) is 1.